The van der Waals surface area contributed by atoms with Gasteiger partial charge in [-0.15, -0.1) is 11.3 Å². The predicted octanol–water partition coefficient (Wildman–Crippen LogP) is 4.89. The fourth-order valence-corrected chi connectivity index (χ4v) is 3.61. The van der Waals surface area contributed by atoms with Gasteiger partial charge in [0.15, 0.2) is 0 Å². The van der Waals surface area contributed by atoms with Gasteiger partial charge in [-0.05, 0) is 29.8 Å². The van der Waals surface area contributed by atoms with Gasteiger partial charge in [-0.3, -0.25) is 4.79 Å². The van der Waals surface area contributed by atoms with Gasteiger partial charge < -0.3 is 5.32 Å². The Labute approximate surface area is 150 Å². The summed E-state index contributed by atoms with van der Waals surface area (Å²) in [5.74, 6) is -0.0594. The molecule has 0 aliphatic carbocycles. The minimum absolute atomic E-state index is 0.0594. The third-order valence-electron chi connectivity index (χ3n) is 3.98. The van der Waals surface area contributed by atoms with E-state index in [4.69, 9.17) is 0 Å². The highest BCUT2D eigenvalue weighted by molar-refractivity contribution is 7.21. The number of nitrogens with one attached hydrogen (secondary N) is 1. The minimum atomic E-state index is -0.0594. The number of thiazole rings is 1. The Morgan fingerprint density at radius 1 is 0.880 bits per heavy atom. The van der Waals surface area contributed by atoms with Gasteiger partial charge in [0.1, 0.15) is 5.01 Å². The van der Waals surface area contributed by atoms with Gasteiger partial charge in [-0.1, -0.05) is 54.6 Å². The van der Waals surface area contributed by atoms with Crippen molar-refractivity contribution in [1.29, 1.82) is 0 Å². The van der Waals surface area contributed by atoms with Gasteiger partial charge in [0.05, 0.1) is 10.2 Å². The molecule has 0 fully saturated rings. The highest BCUT2D eigenvalue weighted by atomic mass is 32.1. The van der Waals surface area contributed by atoms with Gasteiger partial charge in [-0.25, -0.2) is 4.98 Å². The molecule has 0 saturated carbocycles. The number of hydrogen-bond acceptors (Lipinski definition) is 3. The van der Waals surface area contributed by atoms with Gasteiger partial charge in [0, 0.05) is 17.7 Å². The van der Waals surface area contributed by atoms with Crippen molar-refractivity contribution in [2.45, 2.75) is 6.54 Å². The van der Waals surface area contributed by atoms with Crippen LogP contribution in [0.1, 0.15) is 15.9 Å². The van der Waals surface area contributed by atoms with E-state index in [1.165, 1.54) is 4.70 Å². The molecule has 3 nitrogen and oxygen atoms in total. The topological polar surface area (TPSA) is 42.0 Å². The van der Waals surface area contributed by atoms with Crippen LogP contribution in [0.2, 0.25) is 0 Å². The molecule has 0 radical (unpaired) electrons. The van der Waals surface area contributed by atoms with Crippen LogP contribution in [0.25, 0.3) is 20.8 Å². The molecular weight excluding hydrogens is 328 g/mol. The number of para-hydroxylation sites is 1. The molecule has 4 rings (SSSR count). The van der Waals surface area contributed by atoms with Gasteiger partial charge in [0.2, 0.25) is 0 Å². The van der Waals surface area contributed by atoms with Crippen molar-refractivity contribution >= 4 is 27.5 Å². The Balaban J connectivity index is 1.46. The SMILES string of the molecule is O=C(NCc1ccc(-c2nc3ccccc3s2)cc1)c1ccccc1. The van der Waals surface area contributed by atoms with E-state index in [2.05, 4.69) is 28.5 Å². The molecule has 25 heavy (non-hydrogen) atoms. The normalized spacial score (nSPS) is 10.7. The number of carbonyl (C=O) groups excluding carboxylic acids is 1. The molecule has 1 heterocycles. The minimum Gasteiger partial charge on any atom is -0.348 e. The summed E-state index contributed by atoms with van der Waals surface area (Å²) < 4.78 is 1.19. The lowest BCUT2D eigenvalue weighted by Gasteiger charge is -2.06. The molecule has 0 aliphatic heterocycles. The number of fused-ring (bicyclic) bond motifs is 1. The summed E-state index contributed by atoms with van der Waals surface area (Å²) in [5, 5.41) is 3.96. The van der Waals surface area contributed by atoms with Crippen LogP contribution in [-0.4, -0.2) is 10.9 Å². The maximum atomic E-state index is 12.1. The quantitative estimate of drug-likeness (QED) is 0.572. The van der Waals surface area contributed by atoms with E-state index in [1.807, 2.05) is 60.7 Å². The summed E-state index contributed by atoms with van der Waals surface area (Å²) in [6, 6.07) is 25.6. The Morgan fingerprint density at radius 3 is 2.36 bits per heavy atom. The van der Waals surface area contributed by atoms with E-state index in [1.54, 1.807) is 11.3 Å². The Kier molecular flexibility index (Phi) is 4.27. The van der Waals surface area contributed by atoms with E-state index < -0.39 is 0 Å². The highest BCUT2D eigenvalue weighted by Crippen LogP contribution is 2.29. The second-order valence-corrected chi connectivity index (χ2v) is 6.76. The van der Waals surface area contributed by atoms with E-state index in [9.17, 15) is 4.79 Å². The summed E-state index contributed by atoms with van der Waals surface area (Å²) in [6.07, 6.45) is 0. The maximum absolute atomic E-state index is 12.1. The first-order chi connectivity index (χ1) is 12.3. The predicted molar refractivity (Wildman–Crippen MR) is 103 cm³/mol. The lowest BCUT2D eigenvalue weighted by Crippen LogP contribution is -2.22. The van der Waals surface area contributed by atoms with E-state index >= 15 is 0 Å². The van der Waals surface area contributed by atoms with Crippen LogP contribution in [-0.2, 0) is 6.54 Å². The zero-order valence-electron chi connectivity index (χ0n) is 13.5. The molecule has 0 atom stereocenters. The largest absolute Gasteiger partial charge is 0.348 e. The lowest BCUT2D eigenvalue weighted by molar-refractivity contribution is 0.0951. The molecule has 4 aromatic rings. The first kappa shape index (κ1) is 15.5. The fraction of sp³-hybridized carbons (Fsp3) is 0.0476. The molecule has 122 valence electrons. The zero-order valence-corrected chi connectivity index (χ0v) is 14.3. The third-order valence-corrected chi connectivity index (χ3v) is 5.07. The second kappa shape index (κ2) is 6.87. The van der Waals surface area contributed by atoms with Crippen molar-refractivity contribution < 1.29 is 4.79 Å². The molecule has 1 N–H and O–H groups in total. The van der Waals surface area contributed by atoms with E-state index in [0.717, 1.165) is 21.7 Å². The number of nitrogens with zero attached hydrogens (tertiary/aromatic N) is 1. The van der Waals surface area contributed by atoms with Gasteiger partial charge in [0.25, 0.3) is 5.91 Å². The Hall–Kier alpha value is -2.98. The summed E-state index contributed by atoms with van der Waals surface area (Å²) in [4.78, 5) is 16.8. The molecular formula is C21H16N2OS. The molecule has 0 unspecified atom stereocenters. The summed E-state index contributed by atoms with van der Waals surface area (Å²) >= 11 is 1.69. The molecule has 4 heteroatoms. The van der Waals surface area contributed by atoms with E-state index in [-0.39, 0.29) is 5.91 Å². The summed E-state index contributed by atoms with van der Waals surface area (Å²) in [5.41, 5.74) is 3.86. The number of amides is 1. The van der Waals surface area contributed by atoms with Crippen molar-refractivity contribution in [1.82, 2.24) is 10.3 Å². The van der Waals surface area contributed by atoms with Crippen LogP contribution in [0.15, 0.2) is 78.9 Å². The van der Waals surface area contributed by atoms with Crippen LogP contribution in [0.5, 0.6) is 0 Å². The Morgan fingerprint density at radius 2 is 1.60 bits per heavy atom. The van der Waals surface area contributed by atoms with Crippen molar-refractivity contribution in [3.63, 3.8) is 0 Å². The number of carbonyl (C=O) groups is 1. The molecule has 0 saturated heterocycles. The average molecular weight is 344 g/mol. The van der Waals surface area contributed by atoms with Gasteiger partial charge >= 0.3 is 0 Å². The Bertz CT molecular complexity index is 974. The van der Waals surface area contributed by atoms with Crippen molar-refractivity contribution in [3.05, 3.63) is 90.0 Å². The molecule has 3 aromatic carbocycles. The third kappa shape index (κ3) is 3.44. The molecule has 1 amide bonds. The van der Waals surface area contributed by atoms with Crippen LogP contribution >= 0.6 is 11.3 Å². The first-order valence-corrected chi connectivity index (χ1v) is 8.89. The number of hydrogen-bond donors (Lipinski definition) is 1. The molecule has 0 bridgehead atoms. The number of aromatic nitrogens is 1. The molecule has 0 spiro atoms. The highest BCUT2D eigenvalue weighted by Gasteiger charge is 2.07. The zero-order chi connectivity index (χ0) is 17.1. The monoisotopic (exact) mass is 344 g/mol. The van der Waals surface area contributed by atoms with Gasteiger partial charge in [-0.2, -0.15) is 0 Å². The van der Waals surface area contributed by atoms with Crippen LogP contribution in [0.4, 0.5) is 0 Å². The smallest absolute Gasteiger partial charge is 0.251 e. The standard InChI is InChI=1S/C21H16N2OS/c24-20(16-6-2-1-3-7-16)22-14-15-10-12-17(13-11-15)21-23-18-8-4-5-9-19(18)25-21/h1-13H,14H2,(H,22,24). The number of rotatable bonds is 4. The van der Waals surface area contributed by atoms with Crippen molar-refractivity contribution in [3.8, 4) is 10.6 Å². The maximum Gasteiger partial charge on any atom is 0.251 e. The summed E-state index contributed by atoms with van der Waals surface area (Å²) in [7, 11) is 0. The molecule has 0 aliphatic rings. The lowest BCUT2D eigenvalue weighted by atomic mass is 10.1. The fourth-order valence-electron chi connectivity index (χ4n) is 2.63. The first-order valence-electron chi connectivity index (χ1n) is 8.08. The molecule has 1 aromatic heterocycles. The second-order valence-electron chi connectivity index (χ2n) is 5.73. The van der Waals surface area contributed by atoms with E-state index in [0.29, 0.717) is 12.1 Å². The summed E-state index contributed by atoms with van der Waals surface area (Å²) in [6.45, 7) is 0.508. The van der Waals surface area contributed by atoms with Crippen LogP contribution in [0.3, 0.4) is 0 Å². The van der Waals surface area contributed by atoms with Crippen molar-refractivity contribution in [2.24, 2.45) is 0 Å². The average Bonchev–Trinajstić information content (AvgIpc) is 3.11. The van der Waals surface area contributed by atoms with Crippen molar-refractivity contribution in [2.75, 3.05) is 0 Å². The number of benzene rings is 3. The van der Waals surface area contributed by atoms with Crippen LogP contribution < -0.4 is 5.32 Å². The van der Waals surface area contributed by atoms with Crippen LogP contribution in [0, 0.1) is 0 Å².